The minimum absolute atomic E-state index is 0.866. The quantitative estimate of drug-likeness (QED) is 0.232. The smallest absolute Gasteiger partial charge is 0.545 e. The van der Waals surface area contributed by atoms with Crippen LogP contribution in [-0.2, 0) is 4.79 Å². The van der Waals surface area contributed by atoms with E-state index in [1.807, 2.05) is 0 Å². The van der Waals surface area contributed by atoms with Gasteiger partial charge in [0.25, 0.3) is 0 Å². The van der Waals surface area contributed by atoms with Gasteiger partial charge >= 0.3 is 12.1 Å². The lowest BCUT2D eigenvalue weighted by atomic mass is 10.6. The monoisotopic (exact) mass is 133 g/mol. The molecule has 0 atom stereocenters. The SMILES string of the molecule is NC(=NC(=O)[OH2+])C(=O)O. The number of hydrogen-bond acceptors (Lipinski definition) is 2. The van der Waals surface area contributed by atoms with Crippen LogP contribution < -0.4 is 5.73 Å². The predicted octanol–water partition coefficient (Wildman–Crippen LogP) is -1.73. The molecule has 0 saturated carbocycles. The first-order valence-corrected chi connectivity index (χ1v) is 1.87. The Hall–Kier alpha value is -1.59. The summed E-state index contributed by atoms with van der Waals surface area (Å²) in [4.78, 5) is 22.0. The highest BCUT2D eigenvalue weighted by atomic mass is 16.4. The van der Waals surface area contributed by atoms with Gasteiger partial charge in [0, 0.05) is 0 Å². The molecule has 0 aromatic carbocycles. The maximum absolute atomic E-state index is 9.74. The van der Waals surface area contributed by atoms with Crippen molar-refractivity contribution in [2.75, 3.05) is 0 Å². The molecule has 0 aromatic heterocycles. The fraction of sp³-hybridized carbons (Fsp3) is 0. The van der Waals surface area contributed by atoms with Crippen LogP contribution in [0.2, 0.25) is 0 Å². The van der Waals surface area contributed by atoms with Gasteiger partial charge in [0.05, 0.1) is 4.79 Å². The predicted molar refractivity (Wildman–Crippen MR) is 28.3 cm³/mol. The lowest BCUT2D eigenvalue weighted by Gasteiger charge is -1.83. The van der Waals surface area contributed by atoms with Gasteiger partial charge in [-0.2, -0.15) is 0 Å². The van der Waals surface area contributed by atoms with Gasteiger partial charge in [0.2, 0.25) is 5.84 Å². The molecule has 0 aliphatic rings. The van der Waals surface area contributed by atoms with E-state index in [1.54, 1.807) is 0 Å². The molecule has 9 heavy (non-hydrogen) atoms. The van der Waals surface area contributed by atoms with Crippen LogP contribution in [-0.4, -0.2) is 28.1 Å². The molecule has 0 spiro atoms. The summed E-state index contributed by atoms with van der Waals surface area (Å²) in [6.07, 6.45) is -1.37. The third kappa shape index (κ3) is 3.03. The number of carboxylic acid groups (broad SMARTS) is 1. The first kappa shape index (κ1) is 7.41. The van der Waals surface area contributed by atoms with Gasteiger partial charge < -0.3 is 15.9 Å². The van der Waals surface area contributed by atoms with Crippen molar-refractivity contribution in [1.29, 1.82) is 0 Å². The highest BCUT2D eigenvalue weighted by molar-refractivity contribution is 6.35. The van der Waals surface area contributed by atoms with E-state index < -0.39 is 17.9 Å². The number of nitrogens with two attached hydrogens (primary N) is 1. The van der Waals surface area contributed by atoms with Crippen LogP contribution in [0.25, 0.3) is 0 Å². The van der Waals surface area contributed by atoms with Crippen LogP contribution >= 0.6 is 0 Å². The zero-order chi connectivity index (χ0) is 7.44. The second-order valence-corrected chi connectivity index (χ2v) is 1.11. The molecular weight excluding hydrogens is 128 g/mol. The summed E-state index contributed by atoms with van der Waals surface area (Å²) in [6.45, 7) is 0. The minimum Gasteiger partial charge on any atom is -0.545 e. The number of aliphatic imine (C=N–C) groups is 1. The van der Waals surface area contributed by atoms with Crippen LogP contribution in [0.5, 0.6) is 0 Å². The number of rotatable bonds is 0. The fourth-order valence-electron chi connectivity index (χ4n) is 0.157. The Kier molecular flexibility index (Phi) is 2.18. The standard InChI is InChI=1S/C3H4N2O4/c4-1(2(6)7)5-3(8)9/h(H2,4,5)(H,6,7)(H,8,9)/p+1. The van der Waals surface area contributed by atoms with E-state index in [-0.39, 0.29) is 0 Å². The van der Waals surface area contributed by atoms with Gasteiger partial charge in [-0.1, -0.05) is 4.99 Å². The van der Waals surface area contributed by atoms with Crippen LogP contribution in [0, 0.1) is 0 Å². The Morgan fingerprint density at radius 2 is 2.00 bits per heavy atom. The molecule has 0 aromatic rings. The molecule has 0 bridgehead atoms. The lowest BCUT2D eigenvalue weighted by Crippen LogP contribution is -2.24. The number of nitrogens with zero attached hydrogens (tertiary/aromatic N) is 1. The lowest BCUT2D eigenvalue weighted by molar-refractivity contribution is -0.129. The number of carboxylic acids is 1. The maximum Gasteiger partial charge on any atom is 0.654 e. The molecule has 0 aliphatic heterocycles. The summed E-state index contributed by atoms with van der Waals surface area (Å²) in [5, 5.41) is 14.1. The van der Waals surface area contributed by atoms with Gasteiger partial charge in [0.15, 0.2) is 0 Å². The largest absolute Gasteiger partial charge is 0.654 e. The Balaban J connectivity index is 4.17. The molecule has 0 radical (unpaired) electrons. The van der Waals surface area contributed by atoms with E-state index in [9.17, 15) is 9.59 Å². The van der Waals surface area contributed by atoms with Crippen LogP contribution in [0.3, 0.4) is 0 Å². The summed E-state index contributed by atoms with van der Waals surface area (Å²) < 4.78 is 0. The summed E-state index contributed by atoms with van der Waals surface area (Å²) in [6, 6.07) is 0. The van der Waals surface area contributed by atoms with E-state index in [2.05, 4.69) is 10.7 Å². The van der Waals surface area contributed by atoms with E-state index in [1.165, 1.54) is 0 Å². The molecule has 0 rings (SSSR count). The number of hydrogen-bond donors (Lipinski definition) is 2. The van der Waals surface area contributed by atoms with Gasteiger partial charge in [-0.25, -0.2) is 4.79 Å². The molecule has 0 fully saturated rings. The van der Waals surface area contributed by atoms with E-state index >= 15 is 0 Å². The van der Waals surface area contributed by atoms with Crippen LogP contribution in [0.4, 0.5) is 4.79 Å². The average molecular weight is 133 g/mol. The molecule has 5 N–H and O–H groups in total. The first-order chi connectivity index (χ1) is 4.04. The Morgan fingerprint density at radius 3 is 2.11 bits per heavy atom. The number of aliphatic carboxylic acids is 1. The number of carbonyl (C=O) groups excluding carboxylic acids is 1. The Bertz CT molecular complexity index is 173. The molecule has 6 heteroatoms. The first-order valence-electron chi connectivity index (χ1n) is 1.87. The summed E-state index contributed by atoms with van der Waals surface area (Å²) in [5.41, 5.74) is 4.63. The number of amides is 1. The van der Waals surface area contributed by atoms with E-state index in [4.69, 9.17) is 10.2 Å². The molecule has 0 unspecified atom stereocenters. The van der Waals surface area contributed by atoms with Crippen molar-refractivity contribution in [1.82, 2.24) is 0 Å². The zero-order valence-electron chi connectivity index (χ0n) is 4.29. The number of carbonyl (C=O) groups is 2. The summed E-state index contributed by atoms with van der Waals surface area (Å²) >= 11 is 0. The molecule has 0 saturated heterocycles. The van der Waals surface area contributed by atoms with Crippen LogP contribution in [0.1, 0.15) is 0 Å². The summed E-state index contributed by atoms with van der Waals surface area (Å²) in [7, 11) is 0. The third-order valence-corrected chi connectivity index (χ3v) is 0.441. The van der Waals surface area contributed by atoms with Crippen molar-refractivity contribution in [3.05, 3.63) is 0 Å². The molecule has 0 aliphatic carbocycles. The van der Waals surface area contributed by atoms with Crippen molar-refractivity contribution >= 4 is 17.9 Å². The zero-order valence-corrected chi connectivity index (χ0v) is 4.29. The minimum atomic E-state index is -1.50. The fourth-order valence-corrected chi connectivity index (χ4v) is 0.157. The van der Waals surface area contributed by atoms with E-state index in [0.29, 0.717) is 0 Å². The van der Waals surface area contributed by atoms with Gasteiger partial charge in [-0.15, -0.1) is 0 Å². The highest BCUT2D eigenvalue weighted by Gasteiger charge is 2.08. The Labute approximate surface area is 49.6 Å². The topological polar surface area (TPSA) is 116 Å². The molecule has 6 nitrogen and oxygen atoms in total. The van der Waals surface area contributed by atoms with Gasteiger partial charge in [0.1, 0.15) is 0 Å². The number of amidine groups is 1. The normalized spacial score (nSPS) is 10.9. The molecule has 50 valence electrons. The highest BCUT2D eigenvalue weighted by Crippen LogP contribution is 1.72. The van der Waals surface area contributed by atoms with Crippen LogP contribution in [0.15, 0.2) is 4.99 Å². The second kappa shape index (κ2) is 2.65. The molecular formula is C3H5N2O4+. The van der Waals surface area contributed by atoms with Crippen molar-refractivity contribution in [3.63, 3.8) is 0 Å². The molecule has 0 heterocycles. The van der Waals surface area contributed by atoms with Crippen molar-refractivity contribution in [3.8, 4) is 0 Å². The maximum atomic E-state index is 9.74. The third-order valence-electron chi connectivity index (χ3n) is 0.441. The van der Waals surface area contributed by atoms with Crippen molar-refractivity contribution in [2.24, 2.45) is 10.7 Å². The van der Waals surface area contributed by atoms with E-state index in [0.717, 1.165) is 0 Å². The van der Waals surface area contributed by atoms with Gasteiger partial charge in [-0.3, -0.25) is 0 Å². The molecule has 1 amide bonds. The van der Waals surface area contributed by atoms with Gasteiger partial charge in [-0.05, 0) is 0 Å². The Morgan fingerprint density at radius 1 is 1.56 bits per heavy atom. The summed E-state index contributed by atoms with van der Waals surface area (Å²) in [5.74, 6) is -2.37. The van der Waals surface area contributed by atoms with Crippen molar-refractivity contribution < 1.29 is 19.8 Å². The average Bonchev–Trinajstić information content (AvgIpc) is 1.63. The second-order valence-electron chi connectivity index (χ2n) is 1.11. The van der Waals surface area contributed by atoms with Crippen molar-refractivity contribution in [2.45, 2.75) is 0 Å².